The van der Waals surface area contributed by atoms with Crippen molar-refractivity contribution >= 4 is 39.0 Å². The summed E-state index contributed by atoms with van der Waals surface area (Å²) in [6, 6.07) is 15.9. The number of aromatic nitrogens is 1. The highest BCUT2D eigenvalue weighted by Crippen LogP contribution is 2.20. The minimum absolute atomic E-state index is 0.129. The first-order chi connectivity index (χ1) is 12.2. The van der Waals surface area contributed by atoms with Crippen molar-refractivity contribution < 1.29 is 4.79 Å². The van der Waals surface area contributed by atoms with Gasteiger partial charge in [-0.1, -0.05) is 53.2 Å². The van der Waals surface area contributed by atoms with E-state index in [4.69, 9.17) is 0 Å². The van der Waals surface area contributed by atoms with Crippen LogP contribution in [0.25, 0.3) is 10.9 Å². The zero-order valence-corrected chi connectivity index (χ0v) is 15.7. The Bertz CT molecular complexity index is 897. The highest BCUT2D eigenvalue weighted by atomic mass is 79.9. The van der Waals surface area contributed by atoms with Crippen LogP contribution in [-0.4, -0.2) is 16.7 Å². The van der Waals surface area contributed by atoms with E-state index < -0.39 is 0 Å². The molecular formula is C20H20BrN3O. The van der Waals surface area contributed by atoms with E-state index in [0.29, 0.717) is 6.42 Å². The number of halogens is 1. The number of hydrogen-bond donors (Lipinski definition) is 1. The van der Waals surface area contributed by atoms with Crippen molar-refractivity contribution in [1.29, 1.82) is 0 Å². The van der Waals surface area contributed by atoms with Gasteiger partial charge in [-0.05, 0) is 30.2 Å². The van der Waals surface area contributed by atoms with Gasteiger partial charge in [-0.2, -0.15) is 5.10 Å². The van der Waals surface area contributed by atoms with Gasteiger partial charge in [-0.15, -0.1) is 0 Å². The number of hydrazone groups is 1. The number of fused-ring (bicyclic) bond motifs is 1. The van der Waals surface area contributed by atoms with E-state index in [1.165, 1.54) is 5.52 Å². The second-order valence-corrected chi connectivity index (χ2v) is 6.81. The van der Waals surface area contributed by atoms with Gasteiger partial charge in [0.05, 0.1) is 12.6 Å². The van der Waals surface area contributed by atoms with Crippen LogP contribution in [0.3, 0.4) is 0 Å². The van der Waals surface area contributed by atoms with E-state index in [1.54, 1.807) is 6.21 Å². The van der Waals surface area contributed by atoms with E-state index in [-0.39, 0.29) is 5.91 Å². The van der Waals surface area contributed by atoms with Crippen LogP contribution in [0.15, 0.2) is 64.3 Å². The number of benzene rings is 2. The molecule has 1 aromatic heterocycles. The molecule has 3 rings (SSSR count). The first kappa shape index (κ1) is 17.4. The molecule has 1 heterocycles. The topological polar surface area (TPSA) is 46.4 Å². The molecule has 0 atom stereocenters. The van der Waals surface area contributed by atoms with Crippen molar-refractivity contribution in [2.45, 2.75) is 26.3 Å². The minimum Gasteiger partial charge on any atom is -0.347 e. The number of carbonyl (C=O) groups is 1. The number of aryl methyl sites for hydroxylation is 1. The summed E-state index contributed by atoms with van der Waals surface area (Å²) in [4.78, 5) is 12.0. The Kier molecular flexibility index (Phi) is 5.66. The van der Waals surface area contributed by atoms with Crippen molar-refractivity contribution in [3.8, 4) is 0 Å². The molecule has 3 aromatic rings. The number of nitrogens with zero attached hydrogens (tertiary/aromatic N) is 2. The molecule has 0 saturated heterocycles. The Morgan fingerprint density at radius 2 is 1.96 bits per heavy atom. The van der Waals surface area contributed by atoms with Crippen molar-refractivity contribution in [3.05, 3.63) is 70.3 Å². The molecule has 0 radical (unpaired) electrons. The van der Waals surface area contributed by atoms with Crippen LogP contribution in [0.4, 0.5) is 0 Å². The molecular weight excluding hydrogens is 378 g/mol. The van der Waals surface area contributed by atoms with Crippen LogP contribution in [0.1, 0.15) is 24.5 Å². The fourth-order valence-corrected chi connectivity index (χ4v) is 3.07. The molecule has 128 valence electrons. The number of nitrogens with one attached hydrogen (secondary N) is 1. The molecule has 0 aliphatic carbocycles. The molecule has 0 aliphatic rings. The van der Waals surface area contributed by atoms with Gasteiger partial charge in [-0.25, -0.2) is 5.43 Å². The van der Waals surface area contributed by atoms with Gasteiger partial charge >= 0.3 is 0 Å². The first-order valence-corrected chi connectivity index (χ1v) is 9.11. The van der Waals surface area contributed by atoms with Gasteiger partial charge in [0.1, 0.15) is 0 Å². The lowest BCUT2D eigenvalue weighted by Gasteiger charge is -2.01. The van der Waals surface area contributed by atoms with E-state index in [2.05, 4.69) is 56.3 Å². The molecule has 1 amide bonds. The van der Waals surface area contributed by atoms with Crippen LogP contribution in [0.2, 0.25) is 0 Å². The fraction of sp³-hybridized carbons (Fsp3) is 0.200. The zero-order valence-electron chi connectivity index (χ0n) is 14.1. The molecule has 0 aliphatic heterocycles. The van der Waals surface area contributed by atoms with Gasteiger partial charge in [0, 0.05) is 33.7 Å². The monoisotopic (exact) mass is 397 g/mol. The van der Waals surface area contributed by atoms with Crippen LogP contribution in [0, 0.1) is 0 Å². The van der Waals surface area contributed by atoms with Gasteiger partial charge in [0.2, 0.25) is 5.91 Å². The van der Waals surface area contributed by atoms with Gasteiger partial charge < -0.3 is 4.57 Å². The fourth-order valence-electron chi connectivity index (χ4n) is 2.80. The molecule has 0 spiro atoms. The molecule has 4 nitrogen and oxygen atoms in total. The lowest BCUT2D eigenvalue weighted by atomic mass is 10.1. The lowest BCUT2D eigenvalue weighted by molar-refractivity contribution is -0.120. The smallest absolute Gasteiger partial charge is 0.244 e. The summed E-state index contributed by atoms with van der Waals surface area (Å²) in [5.74, 6) is -0.129. The molecule has 5 heteroatoms. The molecule has 2 aromatic carbocycles. The van der Waals surface area contributed by atoms with Gasteiger partial charge in [0.15, 0.2) is 0 Å². The van der Waals surface area contributed by atoms with Crippen LogP contribution in [0.5, 0.6) is 0 Å². The molecule has 1 N–H and O–H groups in total. The normalized spacial score (nSPS) is 11.3. The number of rotatable bonds is 6. The second-order valence-electron chi connectivity index (χ2n) is 5.89. The maximum atomic E-state index is 12.0. The minimum atomic E-state index is -0.129. The summed E-state index contributed by atoms with van der Waals surface area (Å²) in [5, 5.41) is 5.27. The molecule has 25 heavy (non-hydrogen) atoms. The van der Waals surface area contributed by atoms with Gasteiger partial charge in [0.25, 0.3) is 0 Å². The first-order valence-electron chi connectivity index (χ1n) is 8.31. The summed E-state index contributed by atoms with van der Waals surface area (Å²) in [5.41, 5.74) is 5.76. The Morgan fingerprint density at radius 1 is 1.20 bits per heavy atom. The summed E-state index contributed by atoms with van der Waals surface area (Å²) < 4.78 is 3.22. The van der Waals surface area contributed by atoms with E-state index in [9.17, 15) is 4.79 Å². The highest BCUT2D eigenvalue weighted by molar-refractivity contribution is 9.10. The molecule has 0 bridgehead atoms. The predicted octanol–water partition coefficient (Wildman–Crippen LogP) is 4.51. The molecule has 0 saturated carbocycles. The van der Waals surface area contributed by atoms with Gasteiger partial charge in [-0.3, -0.25) is 4.79 Å². The van der Waals surface area contributed by atoms with E-state index >= 15 is 0 Å². The third kappa shape index (κ3) is 4.37. The summed E-state index contributed by atoms with van der Waals surface area (Å²) in [6.45, 7) is 3.12. The Hall–Kier alpha value is -2.40. The summed E-state index contributed by atoms with van der Waals surface area (Å²) in [6.07, 6.45) is 5.17. The average Bonchev–Trinajstić information content (AvgIpc) is 2.96. The number of hydrogen-bond acceptors (Lipinski definition) is 2. The highest BCUT2D eigenvalue weighted by Gasteiger charge is 2.06. The third-order valence-electron chi connectivity index (χ3n) is 3.95. The molecule has 0 unspecified atom stereocenters. The van der Waals surface area contributed by atoms with E-state index in [1.807, 2.05) is 36.4 Å². The standard InChI is InChI=1S/C20H20BrN3O/c1-2-11-24-14-16(18-5-3-4-6-19(18)24)13-22-23-20(25)12-15-7-9-17(21)10-8-15/h3-10,13-14H,2,11-12H2,1H3,(H,23,25)/b22-13-. The Balaban J connectivity index is 1.68. The van der Waals surface area contributed by atoms with Crippen molar-refractivity contribution in [1.82, 2.24) is 9.99 Å². The zero-order chi connectivity index (χ0) is 17.6. The average molecular weight is 398 g/mol. The van der Waals surface area contributed by atoms with Crippen LogP contribution < -0.4 is 5.43 Å². The maximum Gasteiger partial charge on any atom is 0.244 e. The summed E-state index contributed by atoms with van der Waals surface area (Å²) >= 11 is 3.39. The lowest BCUT2D eigenvalue weighted by Crippen LogP contribution is -2.19. The number of amides is 1. The molecule has 0 fully saturated rings. The quantitative estimate of drug-likeness (QED) is 0.482. The van der Waals surface area contributed by atoms with Crippen molar-refractivity contribution in [2.24, 2.45) is 5.10 Å². The predicted molar refractivity (Wildman–Crippen MR) is 106 cm³/mol. The third-order valence-corrected chi connectivity index (χ3v) is 4.48. The SMILES string of the molecule is CCCn1cc(/C=N\NC(=O)Cc2ccc(Br)cc2)c2ccccc21. The summed E-state index contributed by atoms with van der Waals surface area (Å²) in [7, 11) is 0. The Labute approximate surface area is 155 Å². The van der Waals surface area contributed by atoms with Crippen LogP contribution in [-0.2, 0) is 17.8 Å². The Morgan fingerprint density at radius 3 is 2.72 bits per heavy atom. The van der Waals surface area contributed by atoms with Crippen molar-refractivity contribution in [2.75, 3.05) is 0 Å². The number of carbonyl (C=O) groups excluding carboxylic acids is 1. The van der Waals surface area contributed by atoms with Crippen LogP contribution >= 0.6 is 15.9 Å². The van der Waals surface area contributed by atoms with Crippen molar-refractivity contribution in [3.63, 3.8) is 0 Å². The van der Waals surface area contributed by atoms with E-state index in [0.717, 1.165) is 34.0 Å². The maximum absolute atomic E-state index is 12.0. The second kappa shape index (κ2) is 8.12. The largest absolute Gasteiger partial charge is 0.347 e. The number of para-hydroxylation sites is 1.